The van der Waals surface area contributed by atoms with E-state index in [1.807, 2.05) is 25.2 Å². The van der Waals surface area contributed by atoms with E-state index in [0.29, 0.717) is 23.7 Å². The van der Waals surface area contributed by atoms with Crippen LogP contribution in [0.25, 0.3) is 0 Å². The summed E-state index contributed by atoms with van der Waals surface area (Å²) in [5, 5.41) is 2.14. The minimum absolute atomic E-state index is 0.0262. The first-order valence-corrected chi connectivity index (χ1v) is 9.41. The second kappa shape index (κ2) is 8.83. The summed E-state index contributed by atoms with van der Waals surface area (Å²) in [7, 11) is 2.10. The van der Waals surface area contributed by atoms with Gasteiger partial charge in [-0.05, 0) is 57.0 Å². The van der Waals surface area contributed by atoms with E-state index in [1.54, 1.807) is 0 Å². The predicted octanol–water partition coefficient (Wildman–Crippen LogP) is 4.89. The van der Waals surface area contributed by atoms with Crippen LogP contribution in [0.15, 0.2) is 17.5 Å². The van der Waals surface area contributed by atoms with Crippen LogP contribution >= 0.6 is 11.3 Å². The Labute approximate surface area is 140 Å². The lowest BCUT2D eigenvalue weighted by Gasteiger charge is -2.38. The average molecular weight is 324 g/mol. The molecule has 0 saturated heterocycles. The summed E-state index contributed by atoms with van der Waals surface area (Å²) in [6.07, 6.45) is 2.27. The second-order valence-electron chi connectivity index (χ2n) is 7.22. The fourth-order valence-electron chi connectivity index (χ4n) is 2.89. The number of hydrogen-bond donors (Lipinski definition) is 0. The molecule has 0 saturated carbocycles. The fourth-order valence-corrected chi connectivity index (χ4v) is 3.62. The summed E-state index contributed by atoms with van der Waals surface area (Å²) < 4.78 is 0. The zero-order chi connectivity index (χ0) is 16.9. The number of carbonyl (C=O) groups excluding carboxylic acids is 1. The second-order valence-corrected chi connectivity index (χ2v) is 8.25. The lowest BCUT2D eigenvalue weighted by atomic mass is 9.80. The topological polar surface area (TPSA) is 20.3 Å². The minimum atomic E-state index is 0.0262. The van der Waals surface area contributed by atoms with Crippen LogP contribution in [-0.4, -0.2) is 29.8 Å². The molecule has 0 aliphatic rings. The summed E-state index contributed by atoms with van der Waals surface area (Å²) in [6, 6.07) is 4.74. The molecule has 0 N–H and O–H groups in total. The Bertz CT molecular complexity index is 438. The van der Waals surface area contributed by atoms with E-state index in [0.717, 1.165) is 12.8 Å². The number of Topliss-reactive ketones (excluding diaryl/α,β-unsaturated/α-hetero) is 1. The molecule has 0 amide bonds. The molecule has 126 valence electrons. The van der Waals surface area contributed by atoms with Crippen LogP contribution in [0.3, 0.4) is 0 Å². The van der Waals surface area contributed by atoms with E-state index in [9.17, 15) is 4.79 Å². The van der Waals surface area contributed by atoms with Crippen LogP contribution in [-0.2, 0) is 11.2 Å². The number of nitrogens with zero attached hydrogens (tertiary/aromatic N) is 1. The molecule has 1 rings (SSSR count). The Morgan fingerprint density at radius 2 is 1.82 bits per heavy atom. The van der Waals surface area contributed by atoms with Gasteiger partial charge >= 0.3 is 0 Å². The van der Waals surface area contributed by atoms with Gasteiger partial charge in [0.2, 0.25) is 0 Å². The molecule has 22 heavy (non-hydrogen) atoms. The lowest BCUT2D eigenvalue weighted by Crippen LogP contribution is -2.49. The molecule has 3 atom stereocenters. The Morgan fingerprint density at radius 1 is 1.18 bits per heavy atom. The lowest BCUT2D eigenvalue weighted by molar-refractivity contribution is -0.130. The van der Waals surface area contributed by atoms with Crippen molar-refractivity contribution in [2.24, 2.45) is 17.8 Å². The van der Waals surface area contributed by atoms with Gasteiger partial charge < -0.3 is 0 Å². The summed E-state index contributed by atoms with van der Waals surface area (Å²) in [4.78, 5) is 16.4. The third-order valence-corrected chi connectivity index (χ3v) is 5.87. The highest BCUT2D eigenvalue weighted by atomic mass is 32.1. The summed E-state index contributed by atoms with van der Waals surface area (Å²) in [5.74, 6) is 1.39. The third-order valence-electron chi connectivity index (χ3n) is 4.94. The molecule has 0 unspecified atom stereocenters. The number of likely N-dealkylation sites (N-methyl/N-ethyl adjacent to an activating group) is 1. The summed E-state index contributed by atoms with van der Waals surface area (Å²) in [5.41, 5.74) is 0. The first kappa shape index (κ1) is 19.4. The molecule has 1 aromatic heterocycles. The fraction of sp³-hybridized carbons (Fsp3) is 0.737. The maximum absolute atomic E-state index is 12.7. The molecule has 0 aromatic carbocycles. The molecular weight excluding hydrogens is 290 g/mol. The molecule has 0 fully saturated rings. The van der Waals surface area contributed by atoms with E-state index in [2.05, 4.69) is 57.2 Å². The quantitative estimate of drug-likeness (QED) is 0.645. The van der Waals surface area contributed by atoms with Crippen molar-refractivity contribution in [3.63, 3.8) is 0 Å². The normalized spacial score (nSPS) is 16.3. The van der Waals surface area contributed by atoms with Gasteiger partial charge in [0.1, 0.15) is 0 Å². The molecule has 1 heterocycles. The van der Waals surface area contributed by atoms with Crippen LogP contribution in [0.1, 0.15) is 52.8 Å². The molecule has 0 bridgehead atoms. The number of aryl methyl sites for hydroxylation is 1. The highest BCUT2D eigenvalue weighted by molar-refractivity contribution is 7.09. The molecule has 0 aliphatic carbocycles. The van der Waals surface area contributed by atoms with Gasteiger partial charge in [-0.15, -0.1) is 11.3 Å². The highest BCUT2D eigenvalue weighted by Crippen LogP contribution is 2.27. The van der Waals surface area contributed by atoms with Gasteiger partial charge in [-0.3, -0.25) is 9.69 Å². The van der Waals surface area contributed by atoms with Crippen LogP contribution in [0.4, 0.5) is 0 Å². The van der Waals surface area contributed by atoms with Gasteiger partial charge in [0, 0.05) is 16.8 Å². The van der Waals surface area contributed by atoms with Gasteiger partial charge in [0.15, 0.2) is 5.78 Å². The van der Waals surface area contributed by atoms with Crippen molar-refractivity contribution in [3.8, 4) is 0 Å². The number of ketones is 1. The highest BCUT2D eigenvalue weighted by Gasteiger charge is 2.34. The van der Waals surface area contributed by atoms with Gasteiger partial charge in [0.05, 0.1) is 6.04 Å². The number of thiophene rings is 1. The van der Waals surface area contributed by atoms with E-state index >= 15 is 0 Å². The first-order valence-electron chi connectivity index (χ1n) is 8.53. The van der Waals surface area contributed by atoms with E-state index in [4.69, 9.17) is 0 Å². The van der Waals surface area contributed by atoms with Crippen molar-refractivity contribution in [3.05, 3.63) is 22.4 Å². The van der Waals surface area contributed by atoms with E-state index in [-0.39, 0.29) is 12.0 Å². The van der Waals surface area contributed by atoms with Gasteiger partial charge in [-0.25, -0.2) is 0 Å². The van der Waals surface area contributed by atoms with E-state index < -0.39 is 0 Å². The van der Waals surface area contributed by atoms with Crippen molar-refractivity contribution in [2.75, 3.05) is 7.05 Å². The standard InChI is InChI=1S/C19H33NOS/c1-13(2)19(21)18(20(7)14(3)4)16(6)15(5)10-11-17-9-8-12-22-17/h8-9,12-16,18H,10-11H2,1-7H3/t15-,16-,18+/m1/s1. The minimum Gasteiger partial charge on any atom is -0.298 e. The van der Waals surface area contributed by atoms with Crippen molar-refractivity contribution in [2.45, 2.75) is 66.5 Å². The maximum Gasteiger partial charge on any atom is 0.152 e. The van der Waals surface area contributed by atoms with Gasteiger partial charge in [-0.1, -0.05) is 33.8 Å². The molecular formula is C19H33NOS. The van der Waals surface area contributed by atoms with Crippen LogP contribution in [0.2, 0.25) is 0 Å². The van der Waals surface area contributed by atoms with Gasteiger partial charge in [0.25, 0.3) is 0 Å². The molecule has 2 nitrogen and oxygen atoms in total. The zero-order valence-electron chi connectivity index (χ0n) is 15.3. The molecule has 1 aromatic rings. The van der Waals surface area contributed by atoms with Gasteiger partial charge in [-0.2, -0.15) is 0 Å². The predicted molar refractivity (Wildman–Crippen MR) is 97.5 cm³/mol. The zero-order valence-corrected chi connectivity index (χ0v) is 16.1. The number of carbonyl (C=O) groups is 1. The molecule has 0 radical (unpaired) electrons. The summed E-state index contributed by atoms with van der Waals surface area (Å²) in [6.45, 7) is 12.9. The van der Waals surface area contributed by atoms with Crippen molar-refractivity contribution in [1.82, 2.24) is 4.90 Å². The van der Waals surface area contributed by atoms with E-state index in [1.165, 1.54) is 4.88 Å². The average Bonchev–Trinajstić information content (AvgIpc) is 2.97. The molecule has 3 heteroatoms. The van der Waals surface area contributed by atoms with Crippen LogP contribution < -0.4 is 0 Å². The molecule has 0 aliphatic heterocycles. The Morgan fingerprint density at radius 3 is 2.27 bits per heavy atom. The number of hydrogen-bond acceptors (Lipinski definition) is 3. The first-order chi connectivity index (χ1) is 10.3. The number of rotatable bonds is 9. The van der Waals surface area contributed by atoms with Crippen molar-refractivity contribution >= 4 is 17.1 Å². The largest absolute Gasteiger partial charge is 0.298 e. The maximum atomic E-state index is 12.7. The Balaban J connectivity index is 2.76. The SMILES string of the molecule is CC(C)C(=O)[C@H]([C@H](C)[C@H](C)CCc1cccs1)N(C)C(C)C. The smallest absolute Gasteiger partial charge is 0.152 e. The van der Waals surface area contributed by atoms with Crippen LogP contribution in [0.5, 0.6) is 0 Å². The Hall–Kier alpha value is -0.670. The Kier molecular flexibility index (Phi) is 7.78. The summed E-state index contributed by atoms with van der Waals surface area (Å²) >= 11 is 1.83. The monoisotopic (exact) mass is 323 g/mol. The third kappa shape index (κ3) is 5.20. The van der Waals surface area contributed by atoms with Crippen molar-refractivity contribution in [1.29, 1.82) is 0 Å². The molecule has 0 spiro atoms. The van der Waals surface area contributed by atoms with Crippen LogP contribution in [0, 0.1) is 17.8 Å². The van der Waals surface area contributed by atoms with Crippen molar-refractivity contribution < 1.29 is 4.79 Å².